The normalized spacial score (nSPS) is 10.3. The third-order valence-corrected chi connectivity index (χ3v) is 2.87. The monoisotopic (exact) mass is 314 g/mol. The summed E-state index contributed by atoms with van der Waals surface area (Å²) in [5.74, 6) is -0.362. The molecular weight excluding hydrogens is 296 g/mol. The third kappa shape index (κ3) is 4.50. The Morgan fingerprint density at radius 1 is 1.13 bits per heavy atom. The van der Waals surface area contributed by atoms with Gasteiger partial charge in [0.1, 0.15) is 5.69 Å². The molecule has 0 aliphatic rings. The fourth-order valence-corrected chi connectivity index (χ4v) is 1.82. The van der Waals surface area contributed by atoms with Crippen molar-refractivity contribution < 1.29 is 14.3 Å². The van der Waals surface area contributed by atoms with Crippen LogP contribution in [0.1, 0.15) is 34.7 Å². The minimum atomic E-state index is -0.403. The second kappa shape index (κ2) is 7.35. The molecule has 2 N–H and O–H groups in total. The summed E-state index contributed by atoms with van der Waals surface area (Å²) >= 11 is 0. The molecule has 1 aromatic carbocycles. The van der Waals surface area contributed by atoms with Crippen LogP contribution in [0.5, 0.6) is 0 Å². The summed E-state index contributed by atoms with van der Waals surface area (Å²) in [6, 6.07) is 8.24. The largest absolute Gasteiger partial charge is 0.465 e. The first-order valence-corrected chi connectivity index (χ1v) is 7.09. The Labute approximate surface area is 134 Å². The zero-order valence-corrected chi connectivity index (χ0v) is 13.2. The lowest BCUT2D eigenvalue weighted by molar-refractivity contribution is 0.0600. The van der Waals surface area contributed by atoms with Crippen molar-refractivity contribution in [3.05, 3.63) is 47.8 Å². The topological polar surface area (TPSA) is 93.2 Å². The number of nitrogens with one attached hydrogen (secondary N) is 2. The highest BCUT2D eigenvalue weighted by Crippen LogP contribution is 2.14. The number of methoxy groups -OCH3 is 1. The zero-order chi connectivity index (χ0) is 16.8. The maximum atomic E-state index is 11.9. The van der Waals surface area contributed by atoms with E-state index in [0.29, 0.717) is 17.2 Å². The number of esters is 1. The van der Waals surface area contributed by atoms with Crippen LogP contribution in [0.4, 0.5) is 11.6 Å². The van der Waals surface area contributed by atoms with Gasteiger partial charge >= 0.3 is 5.97 Å². The Morgan fingerprint density at radius 2 is 1.83 bits per heavy atom. The van der Waals surface area contributed by atoms with Gasteiger partial charge in [-0.1, -0.05) is 0 Å². The zero-order valence-electron chi connectivity index (χ0n) is 13.2. The van der Waals surface area contributed by atoms with E-state index in [1.165, 1.54) is 13.3 Å². The molecule has 1 aromatic heterocycles. The van der Waals surface area contributed by atoms with Crippen molar-refractivity contribution in [2.45, 2.75) is 19.9 Å². The van der Waals surface area contributed by atoms with Crippen molar-refractivity contribution in [1.82, 2.24) is 15.3 Å². The van der Waals surface area contributed by atoms with Crippen LogP contribution in [0.15, 0.2) is 36.5 Å². The number of amides is 1. The summed E-state index contributed by atoms with van der Waals surface area (Å²) < 4.78 is 4.64. The Hall–Kier alpha value is -2.96. The molecular formula is C16H18N4O3. The van der Waals surface area contributed by atoms with Crippen molar-refractivity contribution >= 4 is 23.5 Å². The fraction of sp³-hybridized carbons (Fsp3) is 0.250. The number of anilines is 2. The average molecular weight is 314 g/mol. The average Bonchev–Trinajstić information content (AvgIpc) is 2.54. The number of carbonyl (C=O) groups is 2. The molecule has 0 aliphatic carbocycles. The Kier molecular flexibility index (Phi) is 5.24. The first-order valence-electron chi connectivity index (χ1n) is 7.09. The molecule has 0 atom stereocenters. The lowest BCUT2D eigenvalue weighted by Gasteiger charge is -2.09. The number of rotatable bonds is 5. The summed E-state index contributed by atoms with van der Waals surface area (Å²) in [4.78, 5) is 31.6. The molecule has 0 bridgehead atoms. The van der Waals surface area contributed by atoms with Crippen molar-refractivity contribution in [3.8, 4) is 0 Å². The number of carbonyl (C=O) groups excluding carboxylic acids is 2. The van der Waals surface area contributed by atoms with Gasteiger partial charge in [0.15, 0.2) is 0 Å². The molecule has 23 heavy (non-hydrogen) atoms. The van der Waals surface area contributed by atoms with Gasteiger partial charge in [-0.3, -0.25) is 4.79 Å². The van der Waals surface area contributed by atoms with Gasteiger partial charge in [0.25, 0.3) is 5.91 Å². The molecule has 2 rings (SSSR count). The van der Waals surface area contributed by atoms with Crippen LogP contribution >= 0.6 is 0 Å². The third-order valence-electron chi connectivity index (χ3n) is 2.87. The molecule has 0 fully saturated rings. The molecule has 0 spiro atoms. The summed E-state index contributed by atoms with van der Waals surface area (Å²) in [6.45, 7) is 3.75. The summed E-state index contributed by atoms with van der Waals surface area (Å²) in [5.41, 5.74) is 1.42. The standard InChI is InChI=1S/C16H18N4O3/c1-10(2)18-14(21)13-8-9-17-16(20-13)19-12-6-4-11(5-7-12)15(22)23-3/h4-10H,1-3H3,(H,18,21)(H,17,19,20). The Balaban J connectivity index is 2.11. The van der Waals surface area contributed by atoms with Gasteiger partial charge in [-0.05, 0) is 44.2 Å². The number of benzene rings is 1. The molecule has 1 amide bonds. The summed E-state index contributed by atoms with van der Waals surface area (Å²) in [7, 11) is 1.33. The van der Waals surface area contributed by atoms with E-state index in [4.69, 9.17) is 0 Å². The van der Waals surface area contributed by atoms with E-state index in [0.717, 1.165) is 0 Å². The highest BCUT2D eigenvalue weighted by molar-refractivity contribution is 5.92. The molecule has 7 heteroatoms. The highest BCUT2D eigenvalue weighted by Gasteiger charge is 2.10. The number of hydrogen-bond acceptors (Lipinski definition) is 6. The molecule has 2 aromatic rings. The van der Waals surface area contributed by atoms with E-state index in [1.807, 2.05) is 13.8 Å². The second-order valence-electron chi connectivity index (χ2n) is 5.09. The van der Waals surface area contributed by atoms with Crippen LogP contribution < -0.4 is 10.6 Å². The minimum Gasteiger partial charge on any atom is -0.465 e. The van der Waals surface area contributed by atoms with Gasteiger partial charge in [-0.2, -0.15) is 0 Å². The van der Waals surface area contributed by atoms with Crippen LogP contribution in [0.25, 0.3) is 0 Å². The van der Waals surface area contributed by atoms with Crippen molar-refractivity contribution in [2.75, 3.05) is 12.4 Å². The molecule has 0 aliphatic heterocycles. The van der Waals surface area contributed by atoms with Crippen molar-refractivity contribution in [2.24, 2.45) is 0 Å². The molecule has 0 saturated heterocycles. The number of nitrogens with zero attached hydrogens (tertiary/aromatic N) is 2. The quantitative estimate of drug-likeness (QED) is 0.821. The van der Waals surface area contributed by atoms with E-state index in [2.05, 4.69) is 25.3 Å². The fourth-order valence-electron chi connectivity index (χ4n) is 1.82. The predicted octanol–water partition coefficient (Wildman–Crippen LogP) is 2.14. The van der Waals surface area contributed by atoms with Gasteiger partial charge in [-0.15, -0.1) is 0 Å². The first kappa shape index (κ1) is 16.4. The number of ether oxygens (including phenoxy) is 1. The van der Waals surface area contributed by atoms with Crippen molar-refractivity contribution in [1.29, 1.82) is 0 Å². The summed E-state index contributed by atoms with van der Waals surface area (Å²) in [5, 5.41) is 5.75. The van der Waals surface area contributed by atoms with Crippen LogP contribution in [0, 0.1) is 0 Å². The first-order chi connectivity index (χ1) is 11.0. The predicted molar refractivity (Wildman–Crippen MR) is 85.7 cm³/mol. The number of aromatic nitrogens is 2. The van der Waals surface area contributed by atoms with Crippen molar-refractivity contribution in [3.63, 3.8) is 0 Å². The van der Waals surface area contributed by atoms with E-state index < -0.39 is 5.97 Å². The highest BCUT2D eigenvalue weighted by atomic mass is 16.5. The van der Waals surface area contributed by atoms with Gasteiger partial charge in [0.2, 0.25) is 5.95 Å². The minimum absolute atomic E-state index is 0.0275. The molecule has 7 nitrogen and oxygen atoms in total. The molecule has 1 heterocycles. The van der Waals surface area contributed by atoms with E-state index in [-0.39, 0.29) is 17.6 Å². The van der Waals surface area contributed by atoms with E-state index in [1.54, 1.807) is 30.3 Å². The molecule has 0 radical (unpaired) electrons. The van der Waals surface area contributed by atoms with E-state index >= 15 is 0 Å². The van der Waals surface area contributed by atoms with Gasteiger partial charge in [0.05, 0.1) is 12.7 Å². The SMILES string of the molecule is COC(=O)c1ccc(Nc2nccc(C(=O)NC(C)C)n2)cc1. The number of hydrogen-bond donors (Lipinski definition) is 2. The molecule has 120 valence electrons. The van der Waals surface area contributed by atoms with Gasteiger partial charge < -0.3 is 15.4 Å². The lowest BCUT2D eigenvalue weighted by Crippen LogP contribution is -2.30. The van der Waals surface area contributed by atoms with E-state index in [9.17, 15) is 9.59 Å². The lowest BCUT2D eigenvalue weighted by atomic mass is 10.2. The smallest absolute Gasteiger partial charge is 0.337 e. The van der Waals surface area contributed by atoms with Crippen LogP contribution in [0.2, 0.25) is 0 Å². The van der Waals surface area contributed by atoms with Crippen LogP contribution in [-0.4, -0.2) is 35.0 Å². The maximum absolute atomic E-state index is 11.9. The Morgan fingerprint density at radius 3 is 2.43 bits per heavy atom. The molecule has 0 unspecified atom stereocenters. The van der Waals surface area contributed by atoms with Crippen LogP contribution in [-0.2, 0) is 4.74 Å². The molecule has 0 saturated carbocycles. The summed E-state index contributed by atoms with van der Waals surface area (Å²) in [6.07, 6.45) is 1.51. The van der Waals surface area contributed by atoms with Gasteiger partial charge in [-0.25, -0.2) is 14.8 Å². The van der Waals surface area contributed by atoms with Gasteiger partial charge in [0, 0.05) is 17.9 Å². The maximum Gasteiger partial charge on any atom is 0.337 e. The Bertz CT molecular complexity index is 699. The van der Waals surface area contributed by atoms with Crippen LogP contribution in [0.3, 0.4) is 0 Å². The second-order valence-corrected chi connectivity index (χ2v) is 5.09.